The van der Waals surface area contributed by atoms with Gasteiger partial charge in [0.2, 0.25) is 5.91 Å². The Labute approximate surface area is 136 Å². The van der Waals surface area contributed by atoms with E-state index in [9.17, 15) is 9.59 Å². The van der Waals surface area contributed by atoms with E-state index in [0.29, 0.717) is 17.7 Å². The molecule has 0 unspecified atom stereocenters. The number of benzene rings is 2. The third kappa shape index (κ3) is 4.95. The van der Waals surface area contributed by atoms with Gasteiger partial charge in [-0.25, -0.2) is 0 Å². The minimum absolute atomic E-state index is 0.0334. The average molecular weight is 310 g/mol. The molecular weight excluding hydrogens is 288 g/mol. The van der Waals surface area contributed by atoms with Gasteiger partial charge in [-0.2, -0.15) is 0 Å². The van der Waals surface area contributed by atoms with Crippen molar-refractivity contribution in [2.45, 2.75) is 26.2 Å². The molecule has 4 nitrogen and oxygen atoms in total. The predicted octanol–water partition coefficient (Wildman–Crippen LogP) is 3.18. The molecule has 2 aromatic carbocycles. The molecule has 2 rings (SSSR count). The van der Waals surface area contributed by atoms with Crippen LogP contribution in [0.2, 0.25) is 0 Å². The Balaban J connectivity index is 1.98. The second kappa shape index (κ2) is 8.13. The van der Waals surface area contributed by atoms with Gasteiger partial charge in [0.05, 0.1) is 6.42 Å². The summed E-state index contributed by atoms with van der Waals surface area (Å²) in [5.41, 5.74) is 3.50. The number of hydrogen-bond donors (Lipinski definition) is 2. The van der Waals surface area contributed by atoms with Crippen LogP contribution in [0.25, 0.3) is 0 Å². The summed E-state index contributed by atoms with van der Waals surface area (Å²) in [6, 6.07) is 15.0. The van der Waals surface area contributed by atoms with Crippen molar-refractivity contribution in [3.63, 3.8) is 0 Å². The van der Waals surface area contributed by atoms with Crippen LogP contribution in [-0.2, 0) is 17.6 Å². The van der Waals surface area contributed by atoms with Crippen LogP contribution in [0.4, 0.5) is 5.69 Å². The van der Waals surface area contributed by atoms with Crippen LogP contribution >= 0.6 is 0 Å². The molecule has 0 aromatic heterocycles. The molecule has 0 heterocycles. The molecule has 0 radical (unpaired) electrons. The van der Waals surface area contributed by atoms with E-state index in [2.05, 4.69) is 17.6 Å². The first-order chi connectivity index (χ1) is 11.1. The lowest BCUT2D eigenvalue weighted by atomic mass is 10.1. The highest BCUT2D eigenvalue weighted by atomic mass is 16.2. The Morgan fingerprint density at radius 2 is 1.52 bits per heavy atom. The minimum atomic E-state index is -0.132. The molecule has 120 valence electrons. The van der Waals surface area contributed by atoms with Crippen molar-refractivity contribution >= 4 is 17.5 Å². The fourth-order valence-corrected chi connectivity index (χ4v) is 2.29. The lowest BCUT2D eigenvalue weighted by molar-refractivity contribution is -0.119. The van der Waals surface area contributed by atoms with Gasteiger partial charge in [-0.1, -0.05) is 37.6 Å². The molecule has 2 aromatic rings. The van der Waals surface area contributed by atoms with Gasteiger partial charge < -0.3 is 10.6 Å². The van der Waals surface area contributed by atoms with Crippen LogP contribution in [0.3, 0.4) is 0 Å². The average Bonchev–Trinajstić information content (AvgIpc) is 2.57. The maximum absolute atomic E-state index is 12.2. The minimum Gasteiger partial charge on any atom is -0.359 e. The zero-order chi connectivity index (χ0) is 16.7. The summed E-state index contributed by atoms with van der Waals surface area (Å²) in [6.45, 7) is 2.13. The molecule has 0 saturated carbocycles. The smallest absolute Gasteiger partial charge is 0.255 e. The third-order valence-corrected chi connectivity index (χ3v) is 3.61. The van der Waals surface area contributed by atoms with Gasteiger partial charge >= 0.3 is 0 Å². The van der Waals surface area contributed by atoms with Crippen molar-refractivity contribution < 1.29 is 9.59 Å². The molecule has 0 fully saturated rings. The van der Waals surface area contributed by atoms with Crippen molar-refractivity contribution in [1.29, 1.82) is 0 Å². The molecule has 0 atom stereocenters. The van der Waals surface area contributed by atoms with E-state index in [1.54, 1.807) is 7.05 Å². The monoisotopic (exact) mass is 310 g/mol. The summed E-state index contributed by atoms with van der Waals surface area (Å²) in [4.78, 5) is 23.5. The SMILES string of the molecule is CCCc1ccc(C(=O)Nc2ccc(CC(=O)NC)cc2)cc1. The fourth-order valence-electron chi connectivity index (χ4n) is 2.29. The summed E-state index contributed by atoms with van der Waals surface area (Å²) in [5.74, 6) is -0.166. The summed E-state index contributed by atoms with van der Waals surface area (Å²) < 4.78 is 0. The number of nitrogens with one attached hydrogen (secondary N) is 2. The van der Waals surface area contributed by atoms with Gasteiger partial charge in [-0.15, -0.1) is 0 Å². The first-order valence-electron chi connectivity index (χ1n) is 7.82. The zero-order valence-corrected chi connectivity index (χ0v) is 13.6. The van der Waals surface area contributed by atoms with Crippen molar-refractivity contribution in [2.75, 3.05) is 12.4 Å². The van der Waals surface area contributed by atoms with Crippen LogP contribution in [0, 0.1) is 0 Å². The maximum Gasteiger partial charge on any atom is 0.255 e. The van der Waals surface area contributed by atoms with Crippen LogP contribution in [0.5, 0.6) is 0 Å². The van der Waals surface area contributed by atoms with E-state index in [1.165, 1.54) is 5.56 Å². The van der Waals surface area contributed by atoms with E-state index < -0.39 is 0 Å². The number of carbonyl (C=O) groups excluding carboxylic acids is 2. The van der Waals surface area contributed by atoms with Crippen LogP contribution in [-0.4, -0.2) is 18.9 Å². The fraction of sp³-hybridized carbons (Fsp3) is 0.263. The summed E-state index contributed by atoms with van der Waals surface area (Å²) in [7, 11) is 1.61. The number of carbonyl (C=O) groups is 2. The van der Waals surface area contributed by atoms with Gasteiger partial charge in [0, 0.05) is 18.3 Å². The highest BCUT2D eigenvalue weighted by molar-refractivity contribution is 6.04. The quantitative estimate of drug-likeness (QED) is 0.861. The van der Waals surface area contributed by atoms with Crippen LogP contribution < -0.4 is 10.6 Å². The molecule has 2 amide bonds. The molecule has 0 aliphatic rings. The van der Waals surface area contributed by atoms with Crippen molar-refractivity contribution in [3.05, 3.63) is 65.2 Å². The topological polar surface area (TPSA) is 58.2 Å². The van der Waals surface area contributed by atoms with Gasteiger partial charge in [0.25, 0.3) is 5.91 Å². The first kappa shape index (κ1) is 16.7. The summed E-state index contributed by atoms with van der Waals surface area (Å²) in [6.07, 6.45) is 2.45. The van der Waals surface area contributed by atoms with E-state index >= 15 is 0 Å². The van der Waals surface area contributed by atoms with Gasteiger partial charge in [-0.05, 0) is 41.8 Å². The molecule has 4 heteroatoms. The van der Waals surface area contributed by atoms with Crippen molar-refractivity contribution in [2.24, 2.45) is 0 Å². The molecule has 0 saturated heterocycles. The Hall–Kier alpha value is -2.62. The van der Waals surface area contributed by atoms with Crippen molar-refractivity contribution in [3.8, 4) is 0 Å². The molecule has 0 spiro atoms. The highest BCUT2D eigenvalue weighted by Gasteiger charge is 2.07. The van der Waals surface area contributed by atoms with Gasteiger partial charge in [0.15, 0.2) is 0 Å². The molecule has 2 N–H and O–H groups in total. The van der Waals surface area contributed by atoms with E-state index in [-0.39, 0.29) is 11.8 Å². The van der Waals surface area contributed by atoms with Gasteiger partial charge in [-0.3, -0.25) is 9.59 Å². The third-order valence-electron chi connectivity index (χ3n) is 3.61. The van der Waals surface area contributed by atoms with Crippen LogP contribution in [0.1, 0.15) is 34.8 Å². The number of likely N-dealkylation sites (N-methyl/N-ethyl adjacent to an activating group) is 1. The molecule has 0 aliphatic heterocycles. The predicted molar refractivity (Wildman–Crippen MR) is 92.6 cm³/mol. The van der Waals surface area contributed by atoms with E-state index in [1.807, 2.05) is 48.5 Å². The largest absolute Gasteiger partial charge is 0.359 e. The molecule has 23 heavy (non-hydrogen) atoms. The molecule has 0 aliphatic carbocycles. The second-order valence-electron chi connectivity index (χ2n) is 5.45. The Morgan fingerprint density at radius 1 is 0.913 bits per heavy atom. The van der Waals surface area contributed by atoms with Crippen LogP contribution in [0.15, 0.2) is 48.5 Å². The number of hydrogen-bond acceptors (Lipinski definition) is 2. The number of amides is 2. The van der Waals surface area contributed by atoms with E-state index in [0.717, 1.165) is 18.4 Å². The zero-order valence-electron chi connectivity index (χ0n) is 13.6. The normalized spacial score (nSPS) is 10.2. The summed E-state index contributed by atoms with van der Waals surface area (Å²) >= 11 is 0. The second-order valence-corrected chi connectivity index (χ2v) is 5.45. The molecule has 0 bridgehead atoms. The highest BCUT2D eigenvalue weighted by Crippen LogP contribution is 2.13. The first-order valence-corrected chi connectivity index (χ1v) is 7.82. The Bertz CT molecular complexity index is 661. The standard InChI is InChI=1S/C19H22N2O2/c1-3-4-14-5-9-16(10-6-14)19(23)21-17-11-7-15(8-12-17)13-18(22)20-2/h5-12H,3-4,13H2,1-2H3,(H,20,22)(H,21,23). The number of anilines is 1. The van der Waals surface area contributed by atoms with Crippen molar-refractivity contribution in [1.82, 2.24) is 5.32 Å². The summed E-state index contributed by atoms with van der Waals surface area (Å²) in [5, 5.41) is 5.45. The lowest BCUT2D eigenvalue weighted by Gasteiger charge is -2.07. The lowest BCUT2D eigenvalue weighted by Crippen LogP contribution is -2.19. The Morgan fingerprint density at radius 3 is 2.09 bits per heavy atom. The van der Waals surface area contributed by atoms with Gasteiger partial charge in [0.1, 0.15) is 0 Å². The molecular formula is C19H22N2O2. The maximum atomic E-state index is 12.2. The number of aryl methyl sites for hydroxylation is 1. The Kier molecular flexibility index (Phi) is 5.92. The van der Waals surface area contributed by atoms with E-state index in [4.69, 9.17) is 0 Å². The number of rotatable bonds is 6.